The van der Waals surface area contributed by atoms with E-state index in [9.17, 15) is 23.1 Å². The van der Waals surface area contributed by atoms with Gasteiger partial charge in [0, 0.05) is 12.7 Å². The van der Waals surface area contributed by atoms with Crippen LogP contribution in [-0.2, 0) is 35.2 Å². The monoisotopic (exact) mass is 638 g/mol. The van der Waals surface area contributed by atoms with Crippen molar-refractivity contribution in [1.82, 2.24) is 15.3 Å². The molecule has 1 unspecified atom stereocenters. The van der Waals surface area contributed by atoms with Gasteiger partial charge in [-0.15, -0.1) is 0 Å². The van der Waals surface area contributed by atoms with Crippen molar-refractivity contribution in [2.24, 2.45) is 0 Å². The summed E-state index contributed by atoms with van der Waals surface area (Å²) in [7, 11) is -4.70. The standard InChI is InChI=1S/C31H39BN4O8S/c1-29(2,3)42-28(39)36(20-26(37)38)24-12-10-11-23(35-24)27(45(40,41)25-13-8-9-18-33-25)34-19-21-14-16-22(17-15-21)32-43-30(4,5)31(6,7)44-32/h8-18,27,34H,19-20H2,1-7H3,(H,37,38). The van der Waals surface area contributed by atoms with Gasteiger partial charge in [0.25, 0.3) is 0 Å². The van der Waals surface area contributed by atoms with E-state index in [4.69, 9.17) is 14.0 Å². The highest BCUT2D eigenvalue weighted by molar-refractivity contribution is 7.91. The molecule has 0 saturated carbocycles. The summed E-state index contributed by atoms with van der Waals surface area (Å²) in [6, 6.07) is 16.4. The largest absolute Gasteiger partial charge is 0.494 e. The number of hydrogen-bond donors (Lipinski definition) is 2. The van der Waals surface area contributed by atoms with Crippen molar-refractivity contribution in [3.05, 3.63) is 78.1 Å². The molecule has 1 aliphatic rings. The van der Waals surface area contributed by atoms with Gasteiger partial charge in [0.2, 0.25) is 9.84 Å². The van der Waals surface area contributed by atoms with Crippen LogP contribution in [0.15, 0.2) is 71.9 Å². The number of carbonyl (C=O) groups excluding carboxylic acids is 1. The van der Waals surface area contributed by atoms with E-state index in [0.29, 0.717) is 0 Å². The van der Waals surface area contributed by atoms with Crippen LogP contribution in [-0.4, -0.2) is 66.0 Å². The van der Waals surface area contributed by atoms with Crippen molar-refractivity contribution in [2.45, 2.75) is 82.2 Å². The van der Waals surface area contributed by atoms with Crippen LogP contribution >= 0.6 is 0 Å². The number of benzene rings is 1. The molecule has 1 saturated heterocycles. The van der Waals surface area contributed by atoms with Gasteiger partial charge in [-0.05, 0) is 83.8 Å². The third kappa shape index (κ3) is 8.06. The number of amides is 1. The number of nitrogens with one attached hydrogen (secondary N) is 1. The fourth-order valence-electron chi connectivity index (χ4n) is 4.42. The Morgan fingerprint density at radius 2 is 1.64 bits per heavy atom. The van der Waals surface area contributed by atoms with Crippen LogP contribution in [0.5, 0.6) is 0 Å². The summed E-state index contributed by atoms with van der Waals surface area (Å²) in [5, 5.41) is 11.0. The van der Waals surface area contributed by atoms with Gasteiger partial charge >= 0.3 is 19.2 Å². The molecule has 1 aromatic carbocycles. The Balaban J connectivity index is 1.64. The predicted molar refractivity (Wildman–Crippen MR) is 169 cm³/mol. The summed E-state index contributed by atoms with van der Waals surface area (Å²) in [6.07, 6.45) is 0.438. The van der Waals surface area contributed by atoms with Gasteiger partial charge in [-0.1, -0.05) is 36.4 Å². The average Bonchev–Trinajstić information content (AvgIpc) is 3.18. The van der Waals surface area contributed by atoms with Gasteiger partial charge in [0.05, 0.1) is 16.9 Å². The lowest BCUT2D eigenvalue weighted by atomic mass is 9.79. The lowest BCUT2D eigenvalue weighted by molar-refractivity contribution is -0.135. The molecule has 1 atom stereocenters. The number of hydrogen-bond acceptors (Lipinski definition) is 10. The second-order valence-corrected chi connectivity index (χ2v) is 14.7. The third-order valence-electron chi connectivity index (χ3n) is 7.44. The minimum absolute atomic E-state index is 0.0333. The van der Waals surface area contributed by atoms with Gasteiger partial charge in [-0.2, -0.15) is 0 Å². The molecule has 1 fully saturated rings. The topological polar surface area (TPSA) is 157 Å². The van der Waals surface area contributed by atoms with Crippen LogP contribution in [0.1, 0.15) is 65.1 Å². The van der Waals surface area contributed by atoms with Gasteiger partial charge < -0.3 is 19.2 Å². The zero-order chi connectivity index (χ0) is 33.2. The summed E-state index contributed by atoms with van der Waals surface area (Å²) >= 11 is 0. The average molecular weight is 639 g/mol. The summed E-state index contributed by atoms with van der Waals surface area (Å²) in [6.45, 7) is 12.2. The number of ether oxygens (including phenoxy) is 1. The molecule has 0 aliphatic carbocycles. The summed E-state index contributed by atoms with van der Waals surface area (Å²) in [5.74, 6) is -1.38. The third-order valence-corrected chi connectivity index (χ3v) is 9.30. The highest BCUT2D eigenvalue weighted by Crippen LogP contribution is 2.36. The molecule has 1 aliphatic heterocycles. The van der Waals surface area contributed by atoms with Crippen LogP contribution in [0, 0.1) is 0 Å². The van der Waals surface area contributed by atoms with Crippen molar-refractivity contribution in [2.75, 3.05) is 11.4 Å². The minimum Gasteiger partial charge on any atom is -0.480 e. The number of anilines is 1. The zero-order valence-corrected chi connectivity index (χ0v) is 27.3. The Morgan fingerprint density at radius 3 is 2.20 bits per heavy atom. The zero-order valence-electron chi connectivity index (χ0n) is 26.5. The molecule has 45 heavy (non-hydrogen) atoms. The Labute approximate surface area is 264 Å². The molecule has 1 amide bonds. The number of pyridine rings is 2. The quantitative estimate of drug-likeness (QED) is 0.311. The molecular formula is C31H39BN4O8S. The highest BCUT2D eigenvalue weighted by atomic mass is 32.2. The Bertz CT molecular complexity index is 1610. The van der Waals surface area contributed by atoms with Crippen LogP contribution in [0.4, 0.5) is 10.6 Å². The molecule has 14 heteroatoms. The van der Waals surface area contributed by atoms with Gasteiger partial charge in [0.15, 0.2) is 10.4 Å². The fourth-order valence-corrected chi connectivity index (χ4v) is 5.89. The molecule has 2 aromatic heterocycles. The Morgan fingerprint density at radius 1 is 1.00 bits per heavy atom. The van der Waals surface area contributed by atoms with E-state index in [0.717, 1.165) is 15.9 Å². The molecule has 0 bridgehead atoms. The van der Waals surface area contributed by atoms with Crippen LogP contribution < -0.4 is 15.7 Å². The van der Waals surface area contributed by atoms with Crippen molar-refractivity contribution in [3.8, 4) is 0 Å². The normalized spacial score (nSPS) is 16.6. The molecule has 0 spiro atoms. The van der Waals surface area contributed by atoms with Gasteiger partial charge in [-0.3, -0.25) is 15.0 Å². The SMILES string of the molecule is CC(C)(C)OC(=O)N(CC(=O)O)c1cccc(C(NCc2ccc(B3OC(C)(C)C(C)(C)O3)cc2)S(=O)(=O)c2ccccn2)n1. The Hall–Kier alpha value is -3.85. The number of aliphatic carboxylic acids is 1. The van der Waals surface area contributed by atoms with E-state index in [2.05, 4.69) is 15.3 Å². The van der Waals surface area contributed by atoms with Gasteiger partial charge in [-0.25, -0.2) is 23.2 Å². The van der Waals surface area contributed by atoms with E-state index in [1.165, 1.54) is 30.5 Å². The fraction of sp³-hybridized carbons (Fsp3) is 0.419. The number of sulfone groups is 1. The molecule has 4 rings (SSSR count). The number of carbonyl (C=O) groups is 2. The summed E-state index contributed by atoms with van der Waals surface area (Å²) in [4.78, 5) is 33.9. The second kappa shape index (κ2) is 12.9. The van der Waals surface area contributed by atoms with E-state index in [-0.39, 0.29) is 23.1 Å². The Kier molecular flexibility index (Phi) is 9.74. The predicted octanol–water partition coefficient (Wildman–Crippen LogP) is 3.86. The second-order valence-electron chi connectivity index (χ2n) is 12.7. The van der Waals surface area contributed by atoms with Crippen LogP contribution in [0.3, 0.4) is 0 Å². The highest BCUT2D eigenvalue weighted by Gasteiger charge is 2.51. The summed E-state index contributed by atoms with van der Waals surface area (Å²) in [5.41, 5.74) is -0.257. The molecule has 3 heterocycles. The first-order chi connectivity index (χ1) is 20.9. The van der Waals surface area contributed by atoms with Gasteiger partial charge in [0.1, 0.15) is 18.0 Å². The van der Waals surface area contributed by atoms with Crippen LogP contribution in [0.25, 0.3) is 0 Å². The number of carboxylic acids is 1. The molecule has 240 valence electrons. The van der Waals surface area contributed by atoms with Crippen molar-refractivity contribution >= 4 is 40.3 Å². The maximum Gasteiger partial charge on any atom is 0.494 e. The van der Waals surface area contributed by atoms with Crippen molar-refractivity contribution in [3.63, 3.8) is 0 Å². The number of carboxylic acid groups (broad SMARTS) is 1. The lowest BCUT2D eigenvalue weighted by Gasteiger charge is -2.32. The lowest BCUT2D eigenvalue weighted by Crippen LogP contribution is -2.41. The van der Waals surface area contributed by atoms with Crippen molar-refractivity contribution in [1.29, 1.82) is 0 Å². The van der Waals surface area contributed by atoms with Crippen molar-refractivity contribution < 1.29 is 37.2 Å². The first-order valence-corrected chi connectivity index (χ1v) is 16.0. The molecule has 3 aromatic rings. The summed E-state index contributed by atoms with van der Waals surface area (Å²) < 4.78 is 45.4. The number of nitrogens with zero attached hydrogens (tertiary/aromatic N) is 3. The first-order valence-electron chi connectivity index (χ1n) is 14.4. The maximum absolute atomic E-state index is 13.9. The van der Waals surface area contributed by atoms with E-state index in [1.54, 1.807) is 32.9 Å². The minimum atomic E-state index is -4.16. The molecule has 0 radical (unpaired) electrons. The molecule has 2 N–H and O–H groups in total. The van der Waals surface area contributed by atoms with E-state index < -0.39 is 57.7 Å². The number of rotatable bonds is 10. The van der Waals surface area contributed by atoms with E-state index in [1.807, 2.05) is 52.0 Å². The van der Waals surface area contributed by atoms with Crippen LogP contribution in [0.2, 0.25) is 0 Å². The number of aromatic nitrogens is 2. The smallest absolute Gasteiger partial charge is 0.480 e. The van der Waals surface area contributed by atoms with E-state index >= 15 is 0 Å². The molecule has 12 nitrogen and oxygen atoms in total. The molecular weight excluding hydrogens is 599 g/mol. The maximum atomic E-state index is 13.9. The first kappa shape index (κ1) is 34.0.